The Morgan fingerprint density at radius 3 is 2.89 bits per heavy atom. The molecule has 0 amide bonds. The van der Waals surface area contributed by atoms with E-state index in [1.54, 1.807) is 0 Å². The molecule has 1 aromatic carbocycles. The van der Waals surface area contributed by atoms with E-state index in [2.05, 4.69) is 49.2 Å². The maximum atomic E-state index is 6.35. The van der Waals surface area contributed by atoms with E-state index in [-0.39, 0.29) is 0 Å². The third kappa shape index (κ3) is 4.12. The molecule has 2 rings (SSSR count). The summed E-state index contributed by atoms with van der Waals surface area (Å²) in [5.74, 6) is 1.47. The highest BCUT2D eigenvalue weighted by molar-refractivity contribution is 6.33. The van der Waals surface area contributed by atoms with Crippen LogP contribution in [0.15, 0.2) is 18.2 Å². The first-order valence-electron chi connectivity index (χ1n) is 7.28. The monoisotopic (exact) mass is 280 g/mol. The van der Waals surface area contributed by atoms with E-state index in [0.29, 0.717) is 0 Å². The number of aryl methyl sites for hydroxylation is 1. The minimum atomic E-state index is 0.726. The van der Waals surface area contributed by atoms with Crippen LogP contribution in [0, 0.1) is 18.8 Å². The lowest BCUT2D eigenvalue weighted by Gasteiger charge is -2.20. The highest BCUT2D eigenvalue weighted by atomic mass is 35.5. The summed E-state index contributed by atoms with van der Waals surface area (Å²) in [5, 5.41) is 4.45. The second kappa shape index (κ2) is 6.62. The van der Waals surface area contributed by atoms with Gasteiger partial charge in [-0.2, -0.15) is 0 Å². The normalized spacial score (nSPS) is 19.4. The van der Waals surface area contributed by atoms with Crippen LogP contribution in [0.1, 0.15) is 25.8 Å². The Bertz CT molecular complexity index is 417. The van der Waals surface area contributed by atoms with Crippen molar-refractivity contribution in [2.24, 2.45) is 11.8 Å². The van der Waals surface area contributed by atoms with Gasteiger partial charge < -0.3 is 10.2 Å². The SMILES string of the molecule is Cc1ccc(N2CCC(CNCC(C)C)C2)c(Cl)c1. The van der Waals surface area contributed by atoms with Crippen molar-refractivity contribution in [3.63, 3.8) is 0 Å². The van der Waals surface area contributed by atoms with Crippen molar-refractivity contribution < 1.29 is 0 Å². The second-order valence-corrected chi connectivity index (χ2v) is 6.51. The van der Waals surface area contributed by atoms with Crippen LogP contribution >= 0.6 is 11.6 Å². The summed E-state index contributed by atoms with van der Waals surface area (Å²) in [6.45, 7) is 11.1. The summed E-state index contributed by atoms with van der Waals surface area (Å²) in [4.78, 5) is 2.42. The van der Waals surface area contributed by atoms with E-state index < -0.39 is 0 Å². The van der Waals surface area contributed by atoms with Gasteiger partial charge in [0.2, 0.25) is 0 Å². The summed E-state index contributed by atoms with van der Waals surface area (Å²) < 4.78 is 0. The van der Waals surface area contributed by atoms with Gasteiger partial charge in [-0.3, -0.25) is 0 Å². The van der Waals surface area contributed by atoms with E-state index in [1.807, 2.05) is 0 Å². The first-order valence-corrected chi connectivity index (χ1v) is 7.66. The highest BCUT2D eigenvalue weighted by Crippen LogP contribution is 2.30. The van der Waals surface area contributed by atoms with Gasteiger partial charge >= 0.3 is 0 Å². The number of nitrogens with one attached hydrogen (secondary N) is 1. The van der Waals surface area contributed by atoms with Gasteiger partial charge in [-0.15, -0.1) is 0 Å². The molecule has 0 radical (unpaired) electrons. The molecule has 1 atom stereocenters. The summed E-state index contributed by atoms with van der Waals surface area (Å²) in [6, 6.07) is 6.36. The molecule has 0 saturated carbocycles. The molecule has 3 heteroatoms. The Morgan fingerprint density at radius 1 is 1.42 bits per heavy atom. The van der Waals surface area contributed by atoms with E-state index >= 15 is 0 Å². The first kappa shape index (κ1) is 14.7. The molecule has 106 valence electrons. The number of anilines is 1. The van der Waals surface area contributed by atoms with E-state index in [4.69, 9.17) is 11.6 Å². The molecule has 1 aliphatic heterocycles. The molecule has 0 aromatic heterocycles. The van der Waals surface area contributed by atoms with Crippen molar-refractivity contribution in [1.82, 2.24) is 5.32 Å². The quantitative estimate of drug-likeness (QED) is 0.884. The van der Waals surface area contributed by atoms with Gasteiger partial charge in [0.05, 0.1) is 10.7 Å². The highest BCUT2D eigenvalue weighted by Gasteiger charge is 2.23. The molecule has 0 aliphatic carbocycles. The fourth-order valence-electron chi connectivity index (χ4n) is 2.66. The Hall–Kier alpha value is -0.730. The predicted octanol–water partition coefficient (Wildman–Crippen LogP) is 3.72. The van der Waals surface area contributed by atoms with Gasteiger partial charge in [0.1, 0.15) is 0 Å². The third-order valence-electron chi connectivity index (χ3n) is 3.72. The van der Waals surface area contributed by atoms with Gasteiger partial charge in [0.25, 0.3) is 0 Å². The lowest BCUT2D eigenvalue weighted by molar-refractivity contribution is 0.477. The summed E-state index contributed by atoms with van der Waals surface area (Å²) in [5.41, 5.74) is 2.42. The zero-order chi connectivity index (χ0) is 13.8. The molecule has 1 unspecified atom stereocenters. The molecule has 1 aliphatic rings. The molecule has 1 heterocycles. The largest absolute Gasteiger partial charge is 0.370 e. The maximum absolute atomic E-state index is 6.35. The zero-order valence-corrected chi connectivity index (χ0v) is 13.0. The summed E-state index contributed by atoms with van der Waals surface area (Å²) >= 11 is 6.35. The topological polar surface area (TPSA) is 15.3 Å². The van der Waals surface area contributed by atoms with Crippen LogP contribution < -0.4 is 10.2 Å². The third-order valence-corrected chi connectivity index (χ3v) is 4.02. The van der Waals surface area contributed by atoms with Crippen LogP contribution in [-0.2, 0) is 0 Å². The molecule has 0 bridgehead atoms. The smallest absolute Gasteiger partial charge is 0.0642 e. The number of rotatable bonds is 5. The van der Waals surface area contributed by atoms with E-state index in [1.165, 1.54) is 17.7 Å². The van der Waals surface area contributed by atoms with Crippen LogP contribution in [-0.4, -0.2) is 26.2 Å². The van der Waals surface area contributed by atoms with Crippen molar-refractivity contribution >= 4 is 17.3 Å². The minimum Gasteiger partial charge on any atom is -0.370 e. The summed E-state index contributed by atoms with van der Waals surface area (Å²) in [6.07, 6.45) is 1.26. The molecule has 2 nitrogen and oxygen atoms in total. The van der Waals surface area contributed by atoms with E-state index in [9.17, 15) is 0 Å². The number of halogens is 1. The van der Waals surface area contributed by atoms with Crippen molar-refractivity contribution in [3.8, 4) is 0 Å². The van der Waals surface area contributed by atoms with E-state index in [0.717, 1.165) is 43.0 Å². The van der Waals surface area contributed by atoms with Crippen LogP contribution in [0.2, 0.25) is 5.02 Å². The molecule has 1 saturated heterocycles. The molecule has 19 heavy (non-hydrogen) atoms. The first-order chi connectivity index (χ1) is 9.06. The second-order valence-electron chi connectivity index (χ2n) is 6.11. The molecule has 1 aromatic rings. The van der Waals surface area contributed by atoms with Crippen LogP contribution in [0.25, 0.3) is 0 Å². The number of nitrogens with zero attached hydrogens (tertiary/aromatic N) is 1. The molecular formula is C16H25ClN2. The average Bonchev–Trinajstić information content (AvgIpc) is 2.77. The minimum absolute atomic E-state index is 0.726. The number of hydrogen-bond acceptors (Lipinski definition) is 2. The fourth-order valence-corrected chi connectivity index (χ4v) is 3.02. The maximum Gasteiger partial charge on any atom is 0.0642 e. The lowest BCUT2D eigenvalue weighted by atomic mass is 10.1. The Kier molecular flexibility index (Phi) is 5.12. The van der Waals surface area contributed by atoms with Crippen molar-refractivity contribution in [2.75, 3.05) is 31.1 Å². The van der Waals surface area contributed by atoms with Gasteiger partial charge in [-0.1, -0.05) is 31.5 Å². The molecule has 1 N–H and O–H groups in total. The van der Waals surface area contributed by atoms with Gasteiger partial charge in [0, 0.05) is 13.1 Å². The van der Waals surface area contributed by atoms with Gasteiger partial charge in [-0.25, -0.2) is 0 Å². The Morgan fingerprint density at radius 2 is 2.21 bits per heavy atom. The zero-order valence-electron chi connectivity index (χ0n) is 12.2. The predicted molar refractivity (Wildman–Crippen MR) is 84.2 cm³/mol. The summed E-state index contributed by atoms with van der Waals surface area (Å²) in [7, 11) is 0. The van der Waals surface area contributed by atoms with Crippen molar-refractivity contribution in [3.05, 3.63) is 28.8 Å². The van der Waals surface area contributed by atoms with Crippen LogP contribution in [0.4, 0.5) is 5.69 Å². The van der Waals surface area contributed by atoms with Crippen molar-refractivity contribution in [2.45, 2.75) is 27.2 Å². The standard InChI is InChI=1S/C16H25ClN2/c1-12(2)9-18-10-14-6-7-19(11-14)16-5-4-13(3)8-15(16)17/h4-5,8,12,14,18H,6-7,9-11H2,1-3H3. The molecule has 1 fully saturated rings. The fraction of sp³-hybridized carbons (Fsp3) is 0.625. The number of benzene rings is 1. The Labute approximate surface area is 122 Å². The van der Waals surface area contributed by atoms with Gasteiger partial charge in [0.15, 0.2) is 0 Å². The van der Waals surface area contributed by atoms with Crippen molar-refractivity contribution in [1.29, 1.82) is 0 Å². The van der Waals surface area contributed by atoms with Gasteiger partial charge in [-0.05, 0) is 56.0 Å². The lowest BCUT2D eigenvalue weighted by Crippen LogP contribution is -2.28. The van der Waals surface area contributed by atoms with Crippen LogP contribution in [0.3, 0.4) is 0 Å². The average molecular weight is 281 g/mol. The van der Waals surface area contributed by atoms with Crippen LogP contribution in [0.5, 0.6) is 0 Å². The molecule has 0 spiro atoms. The Balaban J connectivity index is 1.87. The number of hydrogen-bond donors (Lipinski definition) is 1. The molecular weight excluding hydrogens is 256 g/mol.